The van der Waals surface area contributed by atoms with Crippen LogP contribution in [-0.2, 0) is 0 Å². The van der Waals surface area contributed by atoms with Gasteiger partial charge >= 0.3 is 0 Å². The maximum atomic E-state index is 4.33. The molecule has 0 aromatic carbocycles. The van der Waals surface area contributed by atoms with Crippen molar-refractivity contribution in [1.29, 1.82) is 0 Å². The molecule has 2 aromatic heterocycles. The molecule has 2 rings (SSSR count). The average Bonchev–Trinajstić information content (AvgIpc) is 3.14. The lowest BCUT2D eigenvalue weighted by Crippen LogP contribution is -1.99. The van der Waals surface area contributed by atoms with Gasteiger partial charge in [0.15, 0.2) is 0 Å². The lowest BCUT2D eigenvalue weighted by atomic mass is 10.3. The van der Waals surface area contributed by atoms with Gasteiger partial charge in [-0.1, -0.05) is 67.5 Å². The highest BCUT2D eigenvalue weighted by Crippen LogP contribution is 1.96. The molecule has 0 atom stereocenters. The van der Waals surface area contributed by atoms with Gasteiger partial charge in [-0.05, 0) is 37.7 Å². The maximum Gasteiger partial charge on any atom is 0.137 e. The van der Waals surface area contributed by atoms with Crippen molar-refractivity contribution in [3.05, 3.63) is 31.2 Å². The summed E-state index contributed by atoms with van der Waals surface area (Å²) in [6.45, 7) is 23.6. The predicted octanol–water partition coefficient (Wildman–Crippen LogP) is 6.52. The molecular weight excluding hydrogens is 312 g/mol. The Kier molecular flexibility index (Phi) is 23.0. The summed E-state index contributed by atoms with van der Waals surface area (Å²) in [6, 6.07) is 2.15. The second kappa shape index (κ2) is 20.4. The molecule has 5 nitrogen and oxygen atoms in total. The largest absolute Gasteiger partial charge is 0.365 e. The van der Waals surface area contributed by atoms with Crippen LogP contribution in [0.4, 0.5) is 0 Å². The summed E-state index contributed by atoms with van der Waals surface area (Å²) in [7, 11) is 0. The molecule has 0 aliphatic rings. The first kappa shape index (κ1) is 28.2. The smallest absolute Gasteiger partial charge is 0.137 e. The highest BCUT2D eigenvalue weighted by Gasteiger charge is 1.92. The molecule has 0 aliphatic carbocycles. The van der Waals surface area contributed by atoms with E-state index in [1.54, 1.807) is 29.6 Å². The van der Waals surface area contributed by atoms with Crippen LogP contribution in [-0.4, -0.2) is 19.9 Å². The number of aromatic nitrogens is 4. The predicted molar refractivity (Wildman–Crippen MR) is 108 cm³/mol. The summed E-state index contributed by atoms with van der Waals surface area (Å²) in [5, 5.41) is 7.27. The fourth-order valence-electron chi connectivity index (χ4n) is 0.660. The first-order valence-electron chi connectivity index (χ1n) is 9.18. The van der Waals surface area contributed by atoms with Gasteiger partial charge in [-0.2, -0.15) is 5.10 Å². The van der Waals surface area contributed by atoms with E-state index < -0.39 is 0 Å². The van der Waals surface area contributed by atoms with E-state index in [9.17, 15) is 0 Å². The lowest BCUT2D eigenvalue weighted by Gasteiger charge is -2.00. The Balaban J connectivity index is -0.000000253. The van der Waals surface area contributed by atoms with Gasteiger partial charge in [-0.25, -0.2) is 4.98 Å². The summed E-state index contributed by atoms with van der Waals surface area (Å²) >= 11 is 0. The molecule has 2 aromatic rings. The van der Waals surface area contributed by atoms with Crippen molar-refractivity contribution in [2.75, 3.05) is 0 Å². The second-order valence-corrected chi connectivity index (χ2v) is 7.85. The van der Waals surface area contributed by atoms with Crippen molar-refractivity contribution in [2.45, 2.75) is 82.2 Å². The van der Waals surface area contributed by atoms with Crippen molar-refractivity contribution >= 4 is 0 Å². The van der Waals surface area contributed by atoms with Gasteiger partial charge in [0.05, 0.1) is 6.20 Å². The molecule has 0 saturated heterocycles. The third kappa shape index (κ3) is 44.9. The van der Waals surface area contributed by atoms with Crippen molar-refractivity contribution in [1.82, 2.24) is 19.9 Å². The highest BCUT2D eigenvalue weighted by atomic mass is 16.5. The molecule has 0 saturated carbocycles. The molecule has 0 amide bonds. The summed E-state index contributed by atoms with van der Waals surface area (Å²) in [5.41, 5.74) is 0. The van der Waals surface area contributed by atoms with Crippen molar-refractivity contribution in [2.24, 2.45) is 17.8 Å². The van der Waals surface area contributed by atoms with Crippen LogP contribution in [0.3, 0.4) is 0 Å². The number of hydrogen-bond acceptors (Lipinski definition) is 4. The Labute approximate surface area is 156 Å². The fourth-order valence-corrected chi connectivity index (χ4v) is 0.660. The topological polar surface area (TPSA) is 56.7 Å². The molecule has 25 heavy (non-hydrogen) atoms. The standard InChI is InChI=1S/C5H9N3.3C4H10.C3H3NO/c1-5(2)8-4-6-3-7-8;3*1-4(2)3;1-2-4-5-3-1/h3-5H,1-2H3;3*4H,1-3H3;1-3H. The van der Waals surface area contributed by atoms with E-state index in [1.807, 2.05) is 0 Å². The van der Waals surface area contributed by atoms with Crippen LogP contribution in [0.25, 0.3) is 0 Å². The molecule has 0 bridgehead atoms. The van der Waals surface area contributed by atoms with Crippen LogP contribution in [0, 0.1) is 17.8 Å². The van der Waals surface area contributed by atoms with E-state index in [2.05, 4.69) is 95.9 Å². The Bertz CT molecular complexity index is 367. The van der Waals surface area contributed by atoms with Crippen molar-refractivity contribution in [3.63, 3.8) is 0 Å². The zero-order chi connectivity index (χ0) is 20.3. The van der Waals surface area contributed by atoms with Gasteiger partial charge in [-0.3, -0.25) is 4.68 Å². The SMILES string of the molecule is CC(C)C.CC(C)C.CC(C)C.CC(C)n1cncn1.c1cnoc1. The number of nitrogens with zero attached hydrogens (tertiary/aromatic N) is 4. The van der Waals surface area contributed by atoms with Crippen LogP contribution < -0.4 is 0 Å². The summed E-state index contributed by atoms with van der Waals surface area (Å²) < 4.78 is 6.14. The van der Waals surface area contributed by atoms with Gasteiger partial charge in [-0.15, -0.1) is 0 Å². The molecular formula is C20H42N4O. The van der Waals surface area contributed by atoms with E-state index in [1.165, 1.54) is 6.26 Å². The van der Waals surface area contributed by atoms with E-state index in [0.717, 1.165) is 17.8 Å². The van der Waals surface area contributed by atoms with Crippen LogP contribution in [0.1, 0.15) is 82.2 Å². The number of rotatable bonds is 1. The lowest BCUT2D eigenvalue weighted by molar-refractivity contribution is 0.420. The first-order valence-corrected chi connectivity index (χ1v) is 9.18. The quantitative estimate of drug-likeness (QED) is 0.585. The highest BCUT2D eigenvalue weighted by molar-refractivity contribution is 4.67. The zero-order valence-corrected chi connectivity index (χ0v) is 18.4. The molecule has 0 spiro atoms. The molecule has 148 valence electrons. The molecule has 0 N–H and O–H groups in total. The normalized spacial score (nSPS) is 9.24. The summed E-state index contributed by atoms with van der Waals surface area (Å²) in [4.78, 5) is 3.80. The molecule has 0 unspecified atom stereocenters. The van der Waals surface area contributed by atoms with Crippen LogP contribution >= 0.6 is 0 Å². The van der Waals surface area contributed by atoms with E-state index >= 15 is 0 Å². The van der Waals surface area contributed by atoms with Crippen molar-refractivity contribution in [3.8, 4) is 0 Å². The monoisotopic (exact) mass is 354 g/mol. The molecule has 2 heterocycles. The Morgan fingerprint density at radius 3 is 1.32 bits per heavy atom. The van der Waals surface area contributed by atoms with Gasteiger partial charge in [0.1, 0.15) is 18.9 Å². The van der Waals surface area contributed by atoms with Crippen molar-refractivity contribution < 1.29 is 4.52 Å². The maximum absolute atomic E-state index is 4.33. The Morgan fingerprint density at radius 1 is 0.760 bits per heavy atom. The first-order chi connectivity index (χ1) is 11.5. The van der Waals surface area contributed by atoms with Crippen LogP contribution in [0.5, 0.6) is 0 Å². The molecule has 0 fully saturated rings. The van der Waals surface area contributed by atoms with E-state index in [0.29, 0.717) is 6.04 Å². The minimum Gasteiger partial charge on any atom is -0.365 e. The van der Waals surface area contributed by atoms with Gasteiger partial charge in [0.25, 0.3) is 0 Å². The fraction of sp³-hybridized carbons (Fsp3) is 0.750. The zero-order valence-electron chi connectivity index (χ0n) is 18.4. The molecule has 0 aliphatic heterocycles. The third-order valence-corrected chi connectivity index (χ3v) is 1.31. The summed E-state index contributed by atoms with van der Waals surface area (Å²) in [5.74, 6) is 2.50. The molecule has 0 radical (unpaired) electrons. The Morgan fingerprint density at radius 2 is 1.20 bits per heavy atom. The van der Waals surface area contributed by atoms with E-state index in [-0.39, 0.29) is 0 Å². The average molecular weight is 355 g/mol. The Hall–Kier alpha value is -1.65. The second-order valence-electron chi connectivity index (χ2n) is 7.85. The van der Waals surface area contributed by atoms with Crippen LogP contribution in [0.15, 0.2) is 35.7 Å². The third-order valence-electron chi connectivity index (χ3n) is 1.31. The number of hydrogen-bond donors (Lipinski definition) is 0. The minimum atomic E-state index is 0.428. The molecule has 5 heteroatoms. The van der Waals surface area contributed by atoms with Crippen LogP contribution in [0.2, 0.25) is 0 Å². The van der Waals surface area contributed by atoms with E-state index in [4.69, 9.17) is 0 Å². The van der Waals surface area contributed by atoms with Gasteiger partial charge in [0, 0.05) is 6.04 Å². The van der Waals surface area contributed by atoms with Gasteiger partial charge in [0.2, 0.25) is 0 Å². The van der Waals surface area contributed by atoms with Gasteiger partial charge < -0.3 is 4.52 Å². The summed E-state index contributed by atoms with van der Waals surface area (Å²) in [6.07, 6.45) is 6.35. The minimum absolute atomic E-state index is 0.428.